The molecule has 1 aliphatic heterocycles. The largest absolute Gasteiger partial charge is 0.311 e. The van der Waals surface area contributed by atoms with Crippen LogP contribution in [0.1, 0.15) is 74.4 Å². The lowest BCUT2D eigenvalue weighted by atomic mass is 10.2. The predicted molar refractivity (Wildman–Crippen MR) is 88.7 cm³/mol. The molecule has 2 aliphatic carbocycles. The van der Waals surface area contributed by atoms with Gasteiger partial charge in [-0.1, -0.05) is 6.42 Å². The first-order valence-corrected chi connectivity index (χ1v) is 10.9. The van der Waals surface area contributed by atoms with Gasteiger partial charge in [0.1, 0.15) is 23.2 Å². The Bertz CT molecular complexity index is 907. The van der Waals surface area contributed by atoms with Gasteiger partial charge in [-0.15, -0.1) is 20.4 Å². The molecule has 0 bridgehead atoms. The maximum Gasteiger partial charge on any atom is 0.250 e. The first kappa shape index (κ1) is 15.5. The summed E-state index contributed by atoms with van der Waals surface area (Å²) in [5.41, 5.74) is 0. The average Bonchev–Trinajstić information content (AvgIpc) is 3.50. The van der Waals surface area contributed by atoms with Crippen LogP contribution >= 0.6 is 0 Å². The van der Waals surface area contributed by atoms with Gasteiger partial charge in [0.05, 0.1) is 0 Å². The van der Waals surface area contributed by atoms with Crippen LogP contribution in [0.4, 0.5) is 0 Å². The van der Waals surface area contributed by atoms with E-state index in [0.717, 1.165) is 63.0 Å². The second-order valence-corrected chi connectivity index (χ2v) is 9.35. The smallest absolute Gasteiger partial charge is 0.250 e. The van der Waals surface area contributed by atoms with E-state index in [0.29, 0.717) is 24.3 Å². The average molecular weight is 362 g/mol. The molecule has 3 heterocycles. The van der Waals surface area contributed by atoms with Crippen LogP contribution in [0.15, 0.2) is 5.16 Å². The molecular weight excluding hydrogens is 340 g/mol. The van der Waals surface area contributed by atoms with Gasteiger partial charge in [0.25, 0.3) is 0 Å². The Hall–Kier alpha value is -1.77. The van der Waals surface area contributed by atoms with Gasteiger partial charge in [-0.25, -0.2) is 8.42 Å². The summed E-state index contributed by atoms with van der Waals surface area (Å²) in [6.07, 6.45) is 8.35. The zero-order valence-electron chi connectivity index (χ0n) is 14.1. The summed E-state index contributed by atoms with van der Waals surface area (Å²) in [5, 5.41) is 16.8. The summed E-state index contributed by atoms with van der Waals surface area (Å²) < 4.78 is 30.0. The van der Waals surface area contributed by atoms with E-state index >= 15 is 0 Å². The Labute approximate surface area is 146 Å². The van der Waals surface area contributed by atoms with Gasteiger partial charge >= 0.3 is 0 Å². The molecule has 5 rings (SSSR count). The highest BCUT2D eigenvalue weighted by molar-refractivity contribution is 7.90. The van der Waals surface area contributed by atoms with Crippen molar-refractivity contribution in [2.24, 2.45) is 0 Å². The molecule has 0 aromatic carbocycles. The number of hydrogen-bond donors (Lipinski definition) is 0. The van der Waals surface area contributed by atoms with Crippen LogP contribution in [0.2, 0.25) is 0 Å². The molecule has 0 unspecified atom stereocenters. The normalized spacial score (nSPS) is 21.1. The van der Waals surface area contributed by atoms with Crippen LogP contribution in [0.5, 0.6) is 0 Å². The molecule has 25 heavy (non-hydrogen) atoms. The topological polar surface area (TPSA) is 95.6 Å². The van der Waals surface area contributed by atoms with Gasteiger partial charge in [-0.3, -0.25) is 0 Å². The molecule has 9 heteroatoms. The molecule has 0 N–H and O–H groups in total. The third kappa shape index (κ3) is 2.78. The number of aryl methyl sites for hydroxylation is 1. The van der Waals surface area contributed by atoms with Crippen molar-refractivity contribution in [3.05, 3.63) is 17.5 Å². The molecule has 0 atom stereocenters. The molecule has 0 spiro atoms. The van der Waals surface area contributed by atoms with E-state index in [-0.39, 0.29) is 10.9 Å². The highest BCUT2D eigenvalue weighted by atomic mass is 32.2. The minimum absolute atomic E-state index is 0.0997. The maximum atomic E-state index is 13.0. The highest BCUT2D eigenvalue weighted by Gasteiger charge is 2.38. The van der Waals surface area contributed by atoms with Gasteiger partial charge in [0, 0.05) is 24.9 Å². The van der Waals surface area contributed by atoms with Crippen molar-refractivity contribution in [3.63, 3.8) is 0 Å². The van der Waals surface area contributed by atoms with E-state index in [1.807, 2.05) is 0 Å². The molecule has 2 aromatic heterocycles. The zero-order valence-corrected chi connectivity index (χ0v) is 15.0. The number of rotatable bonds is 5. The van der Waals surface area contributed by atoms with Gasteiger partial charge < -0.3 is 9.13 Å². The summed E-state index contributed by atoms with van der Waals surface area (Å²) in [7, 11) is -3.58. The molecular formula is C16H22N6O2S. The van der Waals surface area contributed by atoms with Crippen LogP contribution in [0.3, 0.4) is 0 Å². The number of nitrogens with zero attached hydrogens (tertiary/aromatic N) is 6. The van der Waals surface area contributed by atoms with E-state index in [2.05, 4.69) is 25.0 Å². The fraction of sp³-hybridized carbons (Fsp3) is 0.750. The summed E-state index contributed by atoms with van der Waals surface area (Å²) in [6.45, 7) is 0.680. The first-order chi connectivity index (χ1) is 12.1. The molecule has 2 aromatic rings. The fourth-order valence-electron chi connectivity index (χ4n) is 3.71. The van der Waals surface area contributed by atoms with Crippen molar-refractivity contribution in [2.45, 2.75) is 80.8 Å². The van der Waals surface area contributed by atoms with Gasteiger partial charge in [0.15, 0.2) is 0 Å². The van der Waals surface area contributed by atoms with Crippen LogP contribution < -0.4 is 0 Å². The van der Waals surface area contributed by atoms with Gasteiger partial charge in [-0.05, 0) is 38.5 Å². The third-order valence-electron chi connectivity index (χ3n) is 5.32. The van der Waals surface area contributed by atoms with Crippen LogP contribution in [0, 0.1) is 0 Å². The Morgan fingerprint density at radius 2 is 1.80 bits per heavy atom. The Morgan fingerprint density at radius 1 is 0.960 bits per heavy atom. The van der Waals surface area contributed by atoms with Crippen molar-refractivity contribution in [2.75, 3.05) is 0 Å². The standard InChI is InChI=1S/C16H22N6O2S/c23-25(24,16-20-17-13-4-2-1-3-9-21(13)16)10-14-18-19-15(11-5-6-11)22(14)12-7-8-12/h11-12H,1-10H2. The van der Waals surface area contributed by atoms with E-state index in [4.69, 9.17) is 0 Å². The Kier molecular flexibility index (Phi) is 3.48. The monoisotopic (exact) mass is 362 g/mol. The van der Waals surface area contributed by atoms with Crippen LogP contribution in [-0.4, -0.2) is 37.9 Å². The van der Waals surface area contributed by atoms with Crippen molar-refractivity contribution in [1.82, 2.24) is 29.5 Å². The van der Waals surface area contributed by atoms with Gasteiger partial charge in [0.2, 0.25) is 15.0 Å². The SMILES string of the molecule is O=S(=O)(Cc1nnc(C2CC2)n1C1CC1)c1nnc2n1CCCCC2. The molecule has 8 nitrogen and oxygen atoms in total. The van der Waals surface area contributed by atoms with Crippen LogP contribution in [0.25, 0.3) is 0 Å². The van der Waals surface area contributed by atoms with Crippen molar-refractivity contribution in [3.8, 4) is 0 Å². The molecule has 3 aliphatic rings. The van der Waals surface area contributed by atoms with E-state index in [9.17, 15) is 8.42 Å². The molecule has 0 radical (unpaired) electrons. The number of fused-ring (bicyclic) bond motifs is 1. The zero-order chi connectivity index (χ0) is 17.0. The van der Waals surface area contributed by atoms with E-state index < -0.39 is 9.84 Å². The fourth-order valence-corrected chi connectivity index (χ4v) is 5.07. The Morgan fingerprint density at radius 3 is 2.56 bits per heavy atom. The lowest BCUT2D eigenvalue weighted by Crippen LogP contribution is -2.17. The Balaban J connectivity index is 1.49. The van der Waals surface area contributed by atoms with Crippen molar-refractivity contribution < 1.29 is 8.42 Å². The molecule has 0 saturated heterocycles. The summed E-state index contributed by atoms with van der Waals surface area (Å²) in [4.78, 5) is 0. The first-order valence-electron chi connectivity index (χ1n) is 9.22. The number of hydrogen-bond acceptors (Lipinski definition) is 6. The number of aromatic nitrogens is 6. The van der Waals surface area contributed by atoms with Crippen molar-refractivity contribution >= 4 is 9.84 Å². The number of sulfone groups is 1. The molecule has 134 valence electrons. The van der Waals surface area contributed by atoms with E-state index in [1.165, 1.54) is 0 Å². The minimum Gasteiger partial charge on any atom is -0.311 e. The van der Waals surface area contributed by atoms with E-state index in [1.54, 1.807) is 4.57 Å². The minimum atomic E-state index is -3.58. The second kappa shape index (κ2) is 5.62. The highest BCUT2D eigenvalue weighted by Crippen LogP contribution is 2.45. The van der Waals surface area contributed by atoms with Crippen LogP contribution in [-0.2, 0) is 28.6 Å². The third-order valence-corrected chi connectivity index (χ3v) is 6.82. The molecule has 2 saturated carbocycles. The second-order valence-electron chi connectivity index (χ2n) is 7.47. The lowest BCUT2D eigenvalue weighted by Gasteiger charge is -2.10. The lowest BCUT2D eigenvalue weighted by molar-refractivity contribution is 0.543. The molecule has 0 amide bonds. The van der Waals surface area contributed by atoms with Gasteiger partial charge in [-0.2, -0.15) is 0 Å². The maximum absolute atomic E-state index is 13.0. The predicted octanol–water partition coefficient (Wildman–Crippen LogP) is 1.78. The summed E-state index contributed by atoms with van der Waals surface area (Å²) in [5.74, 6) is 2.66. The summed E-state index contributed by atoms with van der Waals surface area (Å²) in [6, 6.07) is 0.381. The summed E-state index contributed by atoms with van der Waals surface area (Å²) >= 11 is 0. The quantitative estimate of drug-likeness (QED) is 0.804. The molecule has 2 fully saturated rings. The van der Waals surface area contributed by atoms with Crippen molar-refractivity contribution in [1.29, 1.82) is 0 Å².